The lowest BCUT2D eigenvalue weighted by molar-refractivity contribution is -0.141. The first-order chi connectivity index (χ1) is 7.51. The average molecular weight is 222 g/mol. The van der Waals surface area contributed by atoms with E-state index >= 15 is 0 Å². The van der Waals surface area contributed by atoms with Crippen LogP contribution in [0.5, 0.6) is 0 Å². The van der Waals surface area contributed by atoms with Crippen molar-refractivity contribution in [1.29, 1.82) is 5.26 Å². The maximum atomic E-state index is 11.2. The molecular weight excluding hydrogens is 208 g/mol. The zero-order valence-corrected chi connectivity index (χ0v) is 9.74. The third-order valence-electron chi connectivity index (χ3n) is 2.24. The number of hydrogen-bond acceptors (Lipinski definition) is 5. The molecule has 6 heteroatoms. The maximum Gasteiger partial charge on any atom is 0.328 e. The molecule has 0 aliphatic heterocycles. The summed E-state index contributed by atoms with van der Waals surface area (Å²) >= 11 is 0. The van der Waals surface area contributed by atoms with Gasteiger partial charge in [0.05, 0.1) is 12.8 Å². The Balaban J connectivity index is 2.98. The molecule has 1 rings (SSSR count). The molecule has 1 heterocycles. The van der Waals surface area contributed by atoms with Gasteiger partial charge in [-0.25, -0.2) is 4.79 Å². The lowest BCUT2D eigenvalue weighted by Gasteiger charge is -2.12. The number of esters is 1. The van der Waals surface area contributed by atoms with Crippen molar-refractivity contribution in [3.8, 4) is 6.07 Å². The third kappa shape index (κ3) is 2.14. The van der Waals surface area contributed by atoms with Crippen LogP contribution in [0.1, 0.15) is 18.2 Å². The van der Waals surface area contributed by atoms with Crippen LogP contribution in [0.25, 0.3) is 0 Å². The van der Waals surface area contributed by atoms with Crippen LogP contribution in [0, 0.1) is 18.3 Å². The summed E-state index contributed by atoms with van der Waals surface area (Å²) in [7, 11) is 3.03. The van der Waals surface area contributed by atoms with Crippen molar-refractivity contribution < 1.29 is 9.53 Å². The molecule has 6 nitrogen and oxygen atoms in total. The molecule has 1 N–H and O–H groups in total. The average Bonchev–Trinajstić information content (AvgIpc) is 2.52. The Hall–Kier alpha value is -2.03. The summed E-state index contributed by atoms with van der Waals surface area (Å²) in [6.07, 6.45) is 0. The van der Waals surface area contributed by atoms with Gasteiger partial charge in [0.25, 0.3) is 0 Å². The molecular formula is C10H14N4O2. The van der Waals surface area contributed by atoms with Crippen LogP contribution in [0.3, 0.4) is 0 Å². The number of hydrogen-bond donors (Lipinski definition) is 1. The Morgan fingerprint density at radius 2 is 2.31 bits per heavy atom. The van der Waals surface area contributed by atoms with Gasteiger partial charge in [0.2, 0.25) is 0 Å². The zero-order valence-electron chi connectivity index (χ0n) is 9.74. The fraction of sp³-hybridized carbons (Fsp3) is 0.500. The van der Waals surface area contributed by atoms with E-state index in [2.05, 4.69) is 15.2 Å². The summed E-state index contributed by atoms with van der Waals surface area (Å²) in [6.45, 7) is 3.40. The van der Waals surface area contributed by atoms with E-state index in [4.69, 9.17) is 5.26 Å². The highest BCUT2D eigenvalue weighted by atomic mass is 16.5. The molecule has 0 saturated carbocycles. The number of carbonyl (C=O) groups excluding carboxylic acids is 1. The maximum absolute atomic E-state index is 11.2. The van der Waals surface area contributed by atoms with Gasteiger partial charge in [-0.05, 0) is 13.8 Å². The molecule has 1 aromatic rings. The number of rotatable bonds is 3. The van der Waals surface area contributed by atoms with Crippen LogP contribution in [0.15, 0.2) is 0 Å². The smallest absolute Gasteiger partial charge is 0.328 e. The second-order valence-electron chi connectivity index (χ2n) is 3.43. The second kappa shape index (κ2) is 4.66. The van der Waals surface area contributed by atoms with E-state index in [0.717, 1.165) is 0 Å². The molecule has 0 aliphatic carbocycles. The van der Waals surface area contributed by atoms with Crippen LogP contribution in [-0.2, 0) is 16.6 Å². The van der Waals surface area contributed by atoms with Gasteiger partial charge in [0, 0.05) is 7.05 Å². The predicted molar refractivity (Wildman–Crippen MR) is 57.8 cm³/mol. The standard InChI is InChI=1S/C10H14N4O2/c1-6-8(5-11)9(14(3)13-6)12-7(2)10(15)16-4/h7,12H,1-4H3. The van der Waals surface area contributed by atoms with E-state index in [1.54, 1.807) is 20.9 Å². The van der Waals surface area contributed by atoms with Crippen molar-refractivity contribution in [2.75, 3.05) is 12.4 Å². The van der Waals surface area contributed by atoms with E-state index in [0.29, 0.717) is 17.1 Å². The van der Waals surface area contributed by atoms with E-state index in [-0.39, 0.29) is 5.97 Å². The van der Waals surface area contributed by atoms with Crippen molar-refractivity contribution >= 4 is 11.8 Å². The highest BCUT2D eigenvalue weighted by molar-refractivity contribution is 5.79. The number of aromatic nitrogens is 2. The van der Waals surface area contributed by atoms with Crippen molar-refractivity contribution in [3.05, 3.63) is 11.3 Å². The summed E-state index contributed by atoms with van der Waals surface area (Å²) in [5, 5.41) is 16.0. The Morgan fingerprint density at radius 3 is 2.81 bits per heavy atom. The molecule has 1 unspecified atom stereocenters. The van der Waals surface area contributed by atoms with Gasteiger partial charge in [-0.3, -0.25) is 4.68 Å². The molecule has 0 bridgehead atoms. The van der Waals surface area contributed by atoms with Crippen LogP contribution in [0.4, 0.5) is 5.82 Å². The molecule has 1 atom stereocenters. The molecule has 0 amide bonds. The molecule has 0 fully saturated rings. The minimum Gasteiger partial charge on any atom is -0.467 e. The van der Waals surface area contributed by atoms with Gasteiger partial charge < -0.3 is 10.1 Å². The van der Waals surface area contributed by atoms with Crippen LogP contribution in [-0.4, -0.2) is 28.9 Å². The summed E-state index contributed by atoms with van der Waals surface area (Å²) in [4.78, 5) is 11.2. The Kier molecular flexibility index (Phi) is 3.51. The van der Waals surface area contributed by atoms with Gasteiger partial charge in [-0.15, -0.1) is 0 Å². The lowest BCUT2D eigenvalue weighted by atomic mass is 10.2. The van der Waals surface area contributed by atoms with Crippen molar-refractivity contribution in [2.45, 2.75) is 19.9 Å². The fourth-order valence-electron chi connectivity index (χ4n) is 1.40. The van der Waals surface area contributed by atoms with E-state index in [9.17, 15) is 4.79 Å². The minimum absolute atomic E-state index is 0.386. The monoisotopic (exact) mass is 222 g/mol. The van der Waals surface area contributed by atoms with Gasteiger partial charge >= 0.3 is 5.97 Å². The van der Waals surface area contributed by atoms with E-state index in [1.807, 2.05) is 6.07 Å². The van der Waals surface area contributed by atoms with Gasteiger partial charge in [-0.2, -0.15) is 10.4 Å². The zero-order chi connectivity index (χ0) is 12.3. The number of carbonyl (C=O) groups is 1. The third-order valence-corrected chi connectivity index (χ3v) is 2.24. The highest BCUT2D eigenvalue weighted by Crippen LogP contribution is 2.18. The fourth-order valence-corrected chi connectivity index (χ4v) is 1.40. The van der Waals surface area contributed by atoms with Crippen LogP contribution in [0.2, 0.25) is 0 Å². The summed E-state index contributed by atoms with van der Waals surface area (Å²) in [5.41, 5.74) is 1.07. The molecule has 16 heavy (non-hydrogen) atoms. The normalized spacial score (nSPS) is 11.7. The van der Waals surface area contributed by atoms with E-state index < -0.39 is 6.04 Å². The number of anilines is 1. The second-order valence-corrected chi connectivity index (χ2v) is 3.43. The van der Waals surface area contributed by atoms with Crippen molar-refractivity contribution in [2.24, 2.45) is 7.05 Å². The molecule has 0 aromatic carbocycles. The number of nitrogens with zero attached hydrogens (tertiary/aromatic N) is 3. The minimum atomic E-state index is -0.521. The number of aryl methyl sites for hydroxylation is 2. The highest BCUT2D eigenvalue weighted by Gasteiger charge is 2.18. The van der Waals surface area contributed by atoms with Gasteiger partial charge in [0.15, 0.2) is 0 Å². The molecule has 86 valence electrons. The molecule has 0 aliphatic rings. The van der Waals surface area contributed by atoms with Crippen molar-refractivity contribution in [3.63, 3.8) is 0 Å². The number of methoxy groups -OCH3 is 1. The van der Waals surface area contributed by atoms with Gasteiger partial charge in [-0.1, -0.05) is 0 Å². The van der Waals surface area contributed by atoms with Crippen LogP contribution < -0.4 is 5.32 Å². The Morgan fingerprint density at radius 1 is 1.69 bits per heavy atom. The number of nitriles is 1. The Bertz CT molecular complexity index is 444. The first-order valence-electron chi connectivity index (χ1n) is 4.79. The quantitative estimate of drug-likeness (QED) is 0.756. The first-order valence-corrected chi connectivity index (χ1v) is 4.79. The van der Waals surface area contributed by atoms with Gasteiger partial charge in [0.1, 0.15) is 23.5 Å². The Labute approximate surface area is 93.8 Å². The first kappa shape index (κ1) is 12.0. The molecule has 1 aromatic heterocycles. The topological polar surface area (TPSA) is 79.9 Å². The molecule has 0 saturated heterocycles. The number of ether oxygens (including phenoxy) is 1. The van der Waals surface area contributed by atoms with Crippen molar-refractivity contribution in [1.82, 2.24) is 9.78 Å². The van der Waals surface area contributed by atoms with E-state index in [1.165, 1.54) is 11.8 Å². The SMILES string of the molecule is COC(=O)C(C)Nc1c(C#N)c(C)nn1C. The van der Waals surface area contributed by atoms with Crippen LogP contribution >= 0.6 is 0 Å². The summed E-state index contributed by atoms with van der Waals surface area (Å²) in [6, 6.07) is 1.53. The number of nitrogens with one attached hydrogen (secondary N) is 1. The lowest BCUT2D eigenvalue weighted by Crippen LogP contribution is -2.28. The summed E-state index contributed by atoms with van der Waals surface area (Å²) in [5.74, 6) is 0.139. The largest absolute Gasteiger partial charge is 0.467 e. The summed E-state index contributed by atoms with van der Waals surface area (Å²) < 4.78 is 6.13. The predicted octanol–water partition coefficient (Wildman–Crippen LogP) is 0.574. The molecule has 0 spiro atoms. The molecule has 0 radical (unpaired) electrons.